The fraction of sp³-hybridized carbons (Fsp3) is 0.595. The summed E-state index contributed by atoms with van der Waals surface area (Å²) in [5, 5.41) is 9.50. The summed E-state index contributed by atoms with van der Waals surface area (Å²) in [6.07, 6.45) is 9.78. The number of nitrogens with one attached hydrogen (secondary N) is 4. The van der Waals surface area contributed by atoms with Crippen LogP contribution in [0, 0.1) is 12.8 Å². The van der Waals surface area contributed by atoms with Crippen LogP contribution in [0.3, 0.4) is 0 Å². The number of aromatic nitrogens is 1. The summed E-state index contributed by atoms with van der Waals surface area (Å²) in [4.78, 5) is 62.0. The summed E-state index contributed by atoms with van der Waals surface area (Å²) >= 11 is 0. The van der Waals surface area contributed by atoms with Crippen molar-refractivity contribution >= 4 is 44.7 Å². The fourth-order valence-electron chi connectivity index (χ4n) is 8.01. The van der Waals surface area contributed by atoms with Gasteiger partial charge in [0.1, 0.15) is 29.0 Å². The second kappa shape index (κ2) is 13.1. The third-order valence-electron chi connectivity index (χ3n) is 11.5. The van der Waals surface area contributed by atoms with Crippen LogP contribution in [0.2, 0.25) is 0 Å². The normalized spacial score (nSPS) is 30.7. The van der Waals surface area contributed by atoms with Crippen molar-refractivity contribution in [2.24, 2.45) is 5.92 Å². The van der Waals surface area contributed by atoms with Crippen LogP contribution in [0.5, 0.6) is 5.75 Å². The maximum atomic E-state index is 14.5. The van der Waals surface area contributed by atoms with Crippen LogP contribution in [0.1, 0.15) is 89.3 Å². The van der Waals surface area contributed by atoms with Gasteiger partial charge < -0.3 is 25.6 Å². The summed E-state index contributed by atoms with van der Waals surface area (Å²) in [5.74, 6) is -1.48. The minimum Gasteiger partial charge on any atom is -0.483 e. The van der Waals surface area contributed by atoms with E-state index >= 15 is 0 Å². The van der Waals surface area contributed by atoms with Crippen LogP contribution in [0.25, 0.3) is 10.9 Å². The Morgan fingerprint density at radius 2 is 1.88 bits per heavy atom. The van der Waals surface area contributed by atoms with Crippen molar-refractivity contribution in [3.63, 3.8) is 0 Å². The number of amides is 5. The quantitative estimate of drug-likeness (QED) is 0.341. The number of benzene rings is 1. The number of carbonyl (C=O) groups excluding carboxylic acids is 4. The van der Waals surface area contributed by atoms with Crippen molar-refractivity contribution in [3.8, 4) is 5.75 Å². The zero-order chi connectivity index (χ0) is 36.2. The van der Waals surface area contributed by atoms with Crippen LogP contribution in [-0.2, 0) is 30.8 Å². The fourth-order valence-corrected chi connectivity index (χ4v) is 9.32. The molecule has 274 valence electrons. The van der Waals surface area contributed by atoms with Crippen molar-refractivity contribution in [3.05, 3.63) is 47.7 Å². The second-order valence-corrected chi connectivity index (χ2v) is 17.5. The minimum atomic E-state index is -3.96. The van der Waals surface area contributed by atoms with Gasteiger partial charge in [0.05, 0.1) is 22.5 Å². The van der Waals surface area contributed by atoms with Crippen LogP contribution >= 0.6 is 0 Å². The summed E-state index contributed by atoms with van der Waals surface area (Å²) in [6, 6.07) is 5.49. The van der Waals surface area contributed by atoms with Crippen molar-refractivity contribution in [2.75, 3.05) is 13.1 Å². The number of rotatable bonds is 5. The van der Waals surface area contributed by atoms with Gasteiger partial charge in [-0.15, -0.1) is 0 Å². The number of allylic oxidation sites excluding steroid dienone is 1. The largest absolute Gasteiger partial charge is 0.483 e. The molecule has 51 heavy (non-hydrogen) atoms. The minimum absolute atomic E-state index is 0.0957. The van der Waals surface area contributed by atoms with E-state index in [9.17, 15) is 27.6 Å². The van der Waals surface area contributed by atoms with Gasteiger partial charge in [0.15, 0.2) is 0 Å². The Morgan fingerprint density at radius 1 is 1.10 bits per heavy atom. The zero-order valence-electron chi connectivity index (χ0n) is 29.5. The van der Waals surface area contributed by atoms with Gasteiger partial charge in [-0.3, -0.25) is 19.1 Å². The number of fused-ring (bicyclic) bond motifs is 5. The molecule has 0 radical (unpaired) electrons. The van der Waals surface area contributed by atoms with Crippen molar-refractivity contribution in [1.29, 1.82) is 0 Å². The van der Waals surface area contributed by atoms with Gasteiger partial charge in [0.2, 0.25) is 21.8 Å². The molecule has 5 aliphatic rings. The summed E-state index contributed by atoms with van der Waals surface area (Å²) in [7, 11) is -3.96. The molecule has 13 nitrogen and oxygen atoms in total. The maximum absolute atomic E-state index is 14.5. The van der Waals surface area contributed by atoms with Gasteiger partial charge in [-0.1, -0.05) is 43.2 Å². The Balaban J connectivity index is 1.23. The highest BCUT2D eigenvalue weighted by atomic mass is 32.2. The first-order valence-corrected chi connectivity index (χ1v) is 19.8. The Hall–Kier alpha value is -4.20. The van der Waals surface area contributed by atoms with Gasteiger partial charge in [0, 0.05) is 29.8 Å². The highest BCUT2D eigenvalue weighted by molar-refractivity contribution is 7.91. The lowest BCUT2D eigenvalue weighted by atomic mass is 9.87. The molecule has 1 saturated heterocycles. The SMILES string of the molecule is CCNC(=O)N[C@H]1CCCCC/C=C\[C@@H]2C[C@@]2(C(=O)NS(=O)(=O)C2(C)CC2)NC(=O)[C@@H]2C[C@]3(CCc4c(c(C)nc5ccccc45)O3)CN2C1=O. The van der Waals surface area contributed by atoms with Crippen LogP contribution < -0.4 is 25.4 Å². The van der Waals surface area contributed by atoms with Gasteiger partial charge >= 0.3 is 6.03 Å². The van der Waals surface area contributed by atoms with E-state index in [4.69, 9.17) is 9.72 Å². The van der Waals surface area contributed by atoms with Gasteiger partial charge in [-0.2, -0.15) is 0 Å². The molecule has 4 N–H and O–H groups in total. The molecule has 5 amide bonds. The van der Waals surface area contributed by atoms with Crippen LogP contribution in [0.15, 0.2) is 36.4 Å². The highest BCUT2D eigenvalue weighted by Crippen LogP contribution is 2.49. The molecule has 2 saturated carbocycles. The molecule has 2 aliphatic carbocycles. The molecule has 1 aromatic carbocycles. The first kappa shape index (κ1) is 35.2. The number of hydrogen-bond acceptors (Lipinski definition) is 8. The molecule has 0 bridgehead atoms. The molecular formula is C37H48N6O7S. The molecule has 14 heteroatoms. The molecule has 1 aromatic heterocycles. The van der Waals surface area contributed by atoms with E-state index < -0.39 is 67.7 Å². The number of hydrogen-bond donors (Lipinski definition) is 4. The van der Waals surface area contributed by atoms with E-state index in [2.05, 4.69) is 20.7 Å². The Labute approximate surface area is 298 Å². The average Bonchev–Trinajstić information content (AvgIpc) is 3.98. The summed E-state index contributed by atoms with van der Waals surface area (Å²) in [6.45, 7) is 5.77. The smallest absolute Gasteiger partial charge is 0.315 e. The molecule has 2 aromatic rings. The zero-order valence-corrected chi connectivity index (χ0v) is 30.4. The van der Waals surface area contributed by atoms with Gasteiger partial charge in [-0.25, -0.2) is 18.2 Å². The third kappa shape index (κ3) is 6.55. The second-order valence-electron chi connectivity index (χ2n) is 15.3. The van der Waals surface area contributed by atoms with Gasteiger partial charge in [-0.05, 0) is 78.2 Å². The predicted octanol–water partition coefficient (Wildman–Crippen LogP) is 3.29. The van der Waals surface area contributed by atoms with Crippen molar-refractivity contribution < 1.29 is 32.3 Å². The van der Waals surface area contributed by atoms with E-state index in [0.29, 0.717) is 56.5 Å². The Morgan fingerprint density at radius 3 is 2.65 bits per heavy atom. The number of pyridine rings is 1. The third-order valence-corrected chi connectivity index (χ3v) is 13.7. The number of para-hydroxylation sites is 1. The molecule has 4 heterocycles. The van der Waals surface area contributed by atoms with Crippen molar-refractivity contribution in [1.82, 2.24) is 30.6 Å². The lowest BCUT2D eigenvalue weighted by Crippen LogP contribution is -2.59. The highest BCUT2D eigenvalue weighted by Gasteiger charge is 2.64. The molecular weight excluding hydrogens is 673 g/mol. The number of urea groups is 1. The molecule has 0 unspecified atom stereocenters. The maximum Gasteiger partial charge on any atom is 0.315 e. The lowest BCUT2D eigenvalue weighted by Gasteiger charge is -2.36. The first-order chi connectivity index (χ1) is 24.3. The molecule has 5 atom stereocenters. The van der Waals surface area contributed by atoms with E-state index in [-0.39, 0.29) is 19.4 Å². The topological polar surface area (TPSA) is 176 Å². The van der Waals surface area contributed by atoms with Crippen LogP contribution in [-0.4, -0.2) is 83.1 Å². The molecule has 3 fully saturated rings. The van der Waals surface area contributed by atoms with E-state index in [1.807, 2.05) is 43.3 Å². The Bertz CT molecular complexity index is 1910. The molecule has 1 spiro atoms. The van der Waals surface area contributed by atoms with E-state index in [0.717, 1.165) is 35.7 Å². The van der Waals surface area contributed by atoms with Crippen LogP contribution in [0.4, 0.5) is 4.79 Å². The summed E-state index contributed by atoms with van der Waals surface area (Å²) in [5.41, 5.74) is 0.217. The number of aryl methyl sites for hydroxylation is 2. The number of carbonyl (C=O) groups is 4. The van der Waals surface area contributed by atoms with E-state index in [1.54, 1.807) is 13.8 Å². The van der Waals surface area contributed by atoms with Crippen molar-refractivity contribution in [2.45, 2.75) is 119 Å². The lowest BCUT2D eigenvalue weighted by molar-refractivity contribution is -0.141. The Kier molecular flexibility index (Phi) is 9.04. The number of sulfonamides is 1. The predicted molar refractivity (Wildman–Crippen MR) is 190 cm³/mol. The summed E-state index contributed by atoms with van der Waals surface area (Å²) < 4.78 is 34.4. The number of ether oxygens (including phenoxy) is 1. The standard InChI is InChI=1S/C37H48N6O7S/c1-4-38-34(47)40-28-15-9-7-5-6-8-12-24-20-37(24,33(46)42-51(48,49)35(3)18-19-35)41-31(44)29-21-36(22-43(29)32(28)45)17-16-26-25-13-10-11-14-27(25)39-23(2)30(26)50-36/h8,10-14,24,28-29H,4-7,9,15-22H2,1-3H3,(H,41,44)(H,42,46)(H2,38,40,47)/b12-8-/t24-,28+,29+,36-,37-/m1/s1. The monoisotopic (exact) mass is 720 g/mol. The molecule has 3 aliphatic heterocycles. The first-order valence-electron chi connectivity index (χ1n) is 18.3. The number of nitrogens with zero attached hydrogens (tertiary/aromatic N) is 2. The molecule has 7 rings (SSSR count). The average molecular weight is 721 g/mol. The van der Waals surface area contributed by atoms with Gasteiger partial charge in [0.25, 0.3) is 5.91 Å². The van der Waals surface area contributed by atoms with E-state index in [1.165, 1.54) is 4.90 Å².